The van der Waals surface area contributed by atoms with Gasteiger partial charge in [-0.3, -0.25) is 4.79 Å². The second-order valence-corrected chi connectivity index (χ2v) is 5.87. The van der Waals surface area contributed by atoms with Crippen LogP contribution in [-0.2, 0) is 0 Å². The van der Waals surface area contributed by atoms with Gasteiger partial charge in [0, 0.05) is 22.3 Å². The summed E-state index contributed by atoms with van der Waals surface area (Å²) in [6.07, 6.45) is 1.42. The summed E-state index contributed by atoms with van der Waals surface area (Å²) >= 11 is 3.35. The summed E-state index contributed by atoms with van der Waals surface area (Å²) in [5.41, 5.74) is 1.16. The van der Waals surface area contributed by atoms with Crippen LogP contribution < -0.4 is 4.74 Å². The molecule has 0 radical (unpaired) electrons. The summed E-state index contributed by atoms with van der Waals surface area (Å²) in [6, 6.07) is 12.6. The van der Waals surface area contributed by atoms with Gasteiger partial charge in [-0.15, -0.1) is 0 Å². The summed E-state index contributed by atoms with van der Waals surface area (Å²) in [5.74, 6) is 0.472. The second-order valence-electron chi connectivity index (χ2n) is 4.95. The van der Waals surface area contributed by atoms with Gasteiger partial charge < -0.3 is 9.64 Å². The molecule has 1 aromatic heterocycles. The number of amides is 1. The fraction of sp³-hybridized carbons (Fsp3) is 0.188. The van der Waals surface area contributed by atoms with E-state index >= 15 is 0 Å². The summed E-state index contributed by atoms with van der Waals surface area (Å²) in [7, 11) is 0. The average molecular weight is 358 g/mol. The standard InChI is InChI=1S/C16H12BrN3O2/c17-13-4-2-12(3-5-13)16(21)20-9-14(10-20)22-15-6-1-11(7-18)8-19-15/h1-6,8,14H,9-10H2. The van der Waals surface area contributed by atoms with Gasteiger partial charge in [0.2, 0.25) is 5.88 Å². The van der Waals surface area contributed by atoms with E-state index in [1.807, 2.05) is 18.2 Å². The lowest BCUT2D eigenvalue weighted by atomic mass is 10.1. The van der Waals surface area contributed by atoms with Gasteiger partial charge in [0.25, 0.3) is 5.91 Å². The first-order chi connectivity index (χ1) is 10.7. The third-order valence-electron chi connectivity index (χ3n) is 3.38. The molecule has 0 saturated carbocycles. The molecule has 1 aromatic carbocycles. The van der Waals surface area contributed by atoms with Crippen molar-refractivity contribution in [3.05, 3.63) is 58.2 Å². The molecule has 0 spiro atoms. The molecule has 110 valence electrons. The topological polar surface area (TPSA) is 66.2 Å². The van der Waals surface area contributed by atoms with Gasteiger partial charge in [-0.2, -0.15) is 5.26 Å². The lowest BCUT2D eigenvalue weighted by molar-refractivity contribution is 0.0160. The van der Waals surface area contributed by atoms with Gasteiger partial charge in [0.15, 0.2) is 0 Å². The number of halogens is 1. The molecule has 0 bridgehead atoms. The molecule has 3 rings (SSSR count). The number of pyridine rings is 1. The van der Waals surface area contributed by atoms with Crippen molar-refractivity contribution >= 4 is 21.8 Å². The van der Waals surface area contributed by atoms with E-state index in [1.54, 1.807) is 29.2 Å². The van der Waals surface area contributed by atoms with E-state index in [1.165, 1.54) is 6.20 Å². The number of benzene rings is 1. The van der Waals surface area contributed by atoms with E-state index in [4.69, 9.17) is 10.00 Å². The Hall–Kier alpha value is -2.39. The molecule has 1 saturated heterocycles. The Kier molecular flexibility index (Phi) is 4.07. The average Bonchev–Trinajstić information content (AvgIpc) is 2.51. The van der Waals surface area contributed by atoms with E-state index in [9.17, 15) is 4.79 Å². The van der Waals surface area contributed by atoms with Crippen LogP contribution >= 0.6 is 15.9 Å². The lowest BCUT2D eigenvalue weighted by Gasteiger charge is -2.38. The zero-order chi connectivity index (χ0) is 15.5. The van der Waals surface area contributed by atoms with Crippen molar-refractivity contribution in [2.45, 2.75) is 6.10 Å². The van der Waals surface area contributed by atoms with Crippen molar-refractivity contribution in [2.24, 2.45) is 0 Å². The molecule has 22 heavy (non-hydrogen) atoms. The maximum atomic E-state index is 12.2. The number of likely N-dealkylation sites (tertiary alicyclic amines) is 1. The van der Waals surface area contributed by atoms with E-state index in [0.29, 0.717) is 30.1 Å². The molecule has 0 N–H and O–H groups in total. The minimum atomic E-state index is -0.0557. The van der Waals surface area contributed by atoms with Crippen LogP contribution in [-0.4, -0.2) is 35.0 Å². The summed E-state index contributed by atoms with van der Waals surface area (Å²) in [6.45, 7) is 1.08. The molecule has 1 aliphatic rings. The maximum Gasteiger partial charge on any atom is 0.254 e. The van der Waals surface area contributed by atoms with Crippen LogP contribution in [0.5, 0.6) is 5.88 Å². The molecule has 0 unspecified atom stereocenters. The first-order valence-corrected chi connectivity index (χ1v) is 7.52. The van der Waals surface area contributed by atoms with E-state index in [0.717, 1.165) is 4.47 Å². The monoisotopic (exact) mass is 357 g/mol. The Morgan fingerprint density at radius 2 is 2.00 bits per heavy atom. The largest absolute Gasteiger partial charge is 0.471 e. The molecular formula is C16H12BrN3O2. The molecule has 5 nitrogen and oxygen atoms in total. The highest BCUT2D eigenvalue weighted by molar-refractivity contribution is 9.10. The van der Waals surface area contributed by atoms with Crippen LogP contribution in [0.3, 0.4) is 0 Å². The van der Waals surface area contributed by atoms with E-state index < -0.39 is 0 Å². The molecule has 1 fully saturated rings. The van der Waals surface area contributed by atoms with Crippen molar-refractivity contribution < 1.29 is 9.53 Å². The fourth-order valence-corrected chi connectivity index (χ4v) is 2.40. The molecule has 0 aliphatic carbocycles. The quantitative estimate of drug-likeness (QED) is 0.846. The first kappa shape index (κ1) is 14.5. The van der Waals surface area contributed by atoms with Crippen LogP contribution in [0.4, 0.5) is 0 Å². The molecule has 2 aromatic rings. The van der Waals surface area contributed by atoms with Gasteiger partial charge in [-0.1, -0.05) is 15.9 Å². The maximum absolute atomic E-state index is 12.2. The highest BCUT2D eigenvalue weighted by atomic mass is 79.9. The molecule has 2 heterocycles. The number of nitrogens with zero attached hydrogens (tertiary/aromatic N) is 3. The molecule has 6 heteroatoms. The Balaban J connectivity index is 1.54. The minimum absolute atomic E-state index is 0.000127. The third kappa shape index (κ3) is 3.10. The van der Waals surface area contributed by atoms with Crippen molar-refractivity contribution in [2.75, 3.05) is 13.1 Å². The highest BCUT2D eigenvalue weighted by Gasteiger charge is 2.33. The zero-order valence-electron chi connectivity index (χ0n) is 11.6. The number of aromatic nitrogens is 1. The van der Waals surface area contributed by atoms with Gasteiger partial charge in [-0.05, 0) is 30.3 Å². The molecule has 0 atom stereocenters. The van der Waals surface area contributed by atoms with Crippen LogP contribution in [0, 0.1) is 11.3 Å². The Labute approximate surface area is 136 Å². The van der Waals surface area contributed by atoms with Crippen molar-refractivity contribution in [3.8, 4) is 11.9 Å². The van der Waals surface area contributed by atoms with Crippen LogP contribution in [0.1, 0.15) is 15.9 Å². The Bertz CT molecular complexity index is 717. The Morgan fingerprint density at radius 3 is 2.59 bits per heavy atom. The van der Waals surface area contributed by atoms with Crippen molar-refractivity contribution in [3.63, 3.8) is 0 Å². The van der Waals surface area contributed by atoms with E-state index in [2.05, 4.69) is 20.9 Å². The Morgan fingerprint density at radius 1 is 1.27 bits per heavy atom. The summed E-state index contributed by atoms with van der Waals surface area (Å²) in [4.78, 5) is 18.0. The van der Waals surface area contributed by atoms with Gasteiger partial charge in [-0.25, -0.2) is 4.98 Å². The number of nitriles is 1. The van der Waals surface area contributed by atoms with Crippen molar-refractivity contribution in [1.29, 1.82) is 5.26 Å². The van der Waals surface area contributed by atoms with Crippen LogP contribution in [0.2, 0.25) is 0 Å². The summed E-state index contributed by atoms with van der Waals surface area (Å²) < 4.78 is 6.61. The third-order valence-corrected chi connectivity index (χ3v) is 3.91. The second kappa shape index (κ2) is 6.16. The minimum Gasteiger partial charge on any atom is -0.471 e. The van der Waals surface area contributed by atoms with Gasteiger partial charge in [0.05, 0.1) is 18.7 Å². The van der Waals surface area contributed by atoms with Gasteiger partial charge >= 0.3 is 0 Å². The number of hydrogen-bond donors (Lipinski definition) is 0. The van der Waals surface area contributed by atoms with E-state index in [-0.39, 0.29) is 12.0 Å². The summed E-state index contributed by atoms with van der Waals surface area (Å²) in [5, 5.41) is 8.71. The highest BCUT2D eigenvalue weighted by Crippen LogP contribution is 2.19. The zero-order valence-corrected chi connectivity index (χ0v) is 13.2. The number of hydrogen-bond acceptors (Lipinski definition) is 4. The molecule has 1 amide bonds. The SMILES string of the molecule is N#Cc1ccc(OC2CN(C(=O)c3ccc(Br)cc3)C2)nc1. The van der Waals surface area contributed by atoms with Gasteiger partial charge in [0.1, 0.15) is 12.2 Å². The normalized spacial score (nSPS) is 14.1. The number of carbonyl (C=O) groups is 1. The number of ether oxygens (including phenoxy) is 1. The predicted octanol–water partition coefficient (Wildman–Crippen LogP) is 2.62. The van der Waals surface area contributed by atoms with Crippen LogP contribution in [0.15, 0.2) is 47.1 Å². The van der Waals surface area contributed by atoms with Crippen molar-refractivity contribution in [1.82, 2.24) is 9.88 Å². The number of rotatable bonds is 3. The molecular weight excluding hydrogens is 346 g/mol. The molecule has 1 aliphatic heterocycles. The predicted molar refractivity (Wildman–Crippen MR) is 83.4 cm³/mol. The first-order valence-electron chi connectivity index (χ1n) is 6.73. The van der Waals surface area contributed by atoms with Crippen LogP contribution in [0.25, 0.3) is 0 Å². The fourth-order valence-electron chi connectivity index (χ4n) is 2.14. The number of carbonyl (C=O) groups excluding carboxylic acids is 1. The lowest BCUT2D eigenvalue weighted by Crippen LogP contribution is -2.56. The smallest absolute Gasteiger partial charge is 0.254 e.